The minimum Gasteiger partial charge on any atom is -0.387 e. The monoisotopic (exact) mass is 335 g/mol. The summed E-state index contributed by atoms with van der Waals surface area (Å²) in [6.45, 7) is 0.00806. The van der Waals surface area contributed by atoms with Gasteiger partial charge >= 0.3 is 0 Å². The van der Waals surface area contributed by atoms with E-state index >= 15 is 0 Å². The first kappa shape index (κ1) is 16.5. The van der Waals surface area contributed by atoms with Crippen molar-refractivity contribution in [1.82, 2.24) is 4.90 Å². The fourth-order valence-electron chi connectivity index (χ4n) is 2.56. The average molecular weight is 335 g/mol. The molecule has 126 valence electrons. The Morgan fingerprint density at radius 1 is 1.08 bits per heavy atom. The van der Waals surface area contributed by atoms with Crippen LogP contribution in [0.25, 0.3) is 0 Å². The van der Waals surface area contributed by atoms with Gasteiger partial charge in [0.15, 0.2) is 11.6 Å². The third-order valence-corrected chi connectivity index (χ3v) is 4.04. The molecule has 2 aromatic rings. The highest BCUT2D eigenvalue weighted by Crippen LogP contribution is 2.30. The molecule has 6 heteroatoms. The highest BCUT2D eigenvalue weighted by molar-refractivity contribution is 5.94. The topological polar surface area (TPSA) is 40.5 Å². The molecular weight excluding hydrogens is 319 g/mol. The lowest BCUT2D eigenvalue weighted by atomic mass is 10.1. The van der Waals surface area contributed by atoms with E-state index in [1.54, 1.807) is 0 Å². The van der Waals surface area contributed by atoms with Crippen LogP contribution in [0.4, 0.5) is 13.2 Å². The van der Waals surface area contributed by atoms with Crippen molar-refractivity contribution in [2.45, 2.75) is 25.0 Å². The largest absolute Gasteiger partial charge is 0.387 e. The maximum atomic E-state index is 13.4. The van der Waals surface area contributed by atoms with E-state index in [2.05, 4.69) is 0 Å². The second-order valence-electron chi connectivity index (χ2n) is 5.88. The summed E-state index contributed by atoms with van der Waals surface area (Å²) in [5, 5.41) is 10.3. The molecule has 0 aromatic heterocycles. The van der Waals surface area contributed by atoms with Gasteiger partial charge in [0.1, 0.15) is 5.82 Å². The zero-order valence-corrected chi connectivity index (χ0v) is 12.8. The van der Waals surface area contributed by atoms with Gasteiger partial charge in [0, 0.05) is 11.6 Å². The third-order valence-electron chi connectivity index (χ3n) is 4.04. The number of nitrogens with zero attached hydrogens (tertiary/aromatic N) is 1. The van der Waals surface area contributed by atoms with Gasteiger partial charge in [-0.25, -0.2) is 13.2 Å². The summed E-state index contributed by atoms with van der Waals surface area (Å²) in [7, 11) is 0. The van der Waals surface area contributed by atoms with Crippen molar-refractivity contribution in [3.63, 3.8) is 0 Å². The normalized spacial score (nSPS) is 15.2. The summed E-state index contributed by atoms with van der Waals surface area (Å²) >= 11 is 0. The van der Waals surface area contributed by atoms with Gasteiger partial charge in [0.2, 0.25) is 0 Å². The highest BCUT2D eigenvalue weighted by Gasteiger charge is 2.34. The molecule has 1 amide bonds. The number of aliphatic hydroxyl groups excluding tert-OH is 1. The van der Waals surface area contributed by atoms with Crippen LogP contribution in [0, 0.1) is 17.5 Å². The lowest BCUT2D eigenvalue weighted by Crippen LogP contribution is -2.36. The predicted octanol–water partition coefficient (Wildman–Crippen LogP) is 3.44. The summed E-state index contributed by atoms with van der Waals surface area (Å²) in [4.78, 5) is 14.0. The van der Waals surface area contributed by atoms with E-state index in [9.17, 15) is 23.1 Å². The molecule has 0 bridgehead atoms. The number of halogens is 3. The lowest BCUT2D eigenvalue weighted by molar-refractivity contribution is 0.0602. The number of rotatable bonds is 5. The molecule has 1 unspecified atom stereocenters. The molecule has 3 nitrogen and oxygen atoms in total. The van der Waals surface area contributed by atoms with Crippen LogP contribution in [-0.4, -0.2) is 28.5 Å². The van der Waals surface area contributed by atoms with Gasteiger partial charge in [0.25, 0.3) is 5.91 Å². The van der Waals surface area contributed by atoms with Gasteiger partial charge in [-0.15, -0.1) is 0 Å². The van der Waals surface area contributed by atoms with Crippen molar-refractivity contribution in [1.29, 1.82) is 0 Å². The molecule has 1 atom stereocenters. The zero-order chi connectivity index (χ0) is 17.3. The van der Waals surface area contributed by atoms with Crippen LogP contribution < -0.4 is 0 Å². The van der Waals surface area contributed by atoms with Gasteiger partial charge in [-0.05, 0) is 48.7 Å². The molecule has 0 saturated heterocycles. The molecule has 1 N–H and O–H groups in total. The number of carbonyl (C=O) groups excluding carboxylic acids is 1. The molecule has 2 aromatic carbocycles. The Kier molecular flexibility index (Phi) is 4.57. The van der Waals surface area contributed by atoms with E-state index < -0.39 is 29.5 Å². The summed E-state index contributed by atoms with van der Waals surface area (Å²) in [5.74, 6) is -2.98. The van der Waals surface area contributed by atoms with Crippen molar-refractivity contribution in [2.75, 3.05) is 6.54 Å². The Balaban J connectivity index is 1.78. The van der Waals surface area contributed by atoms with Crippen molar-refractivity contribution < 1.29 is 23.1 Å². The van der Waals surface area contributed by atoms with Crippen molar-refractivity contribution >= 4 is 5.91 Å². The van der Waals surface area contributed by atoms with Crippen LogP contribution in [0.5, 0.6) is 0 Å². The number of hydrogen-bond acceptors (Lipinski definition) is 2. The molecule has 3 rings (SSSR count). The molecule has 0 aliphatic heterocycles. The molecule has 1 aliphatic rings. The number of carbonyl (C=O) groups is 1. The van der Waals surface area contributed by atoms with E-state index in [4.69, 9.17) is 0 Å². The Morgan fingerprint density at radius 3 is 2.33 bits per heavy atom. The molecular formula is C18H16F3NO2. The molecule has 0 radical (unpaired) electrons. The SMILES string of the molecule is O=C(c1ccc(F)c(F)c1)N(CC(O)c1ccc(F)cc1)C1CC1. The van der Waals surface area contributed by atoms with Crippen LogP contribution in [0.3, 0.4) is 0 Å². The van der Waals surface area contributed by atoms with Gasteiger partial charge < -0.3 is 10.0 Å². The first-order valence-corrected chi connectivity index (χ1v) is 7.65. The van der Waals surface area contributed by atoms with Gasteiger partial charge in [-0.2, -0.15) is 0 Å². The van der Waals surface area contributed by atoms with Crippen molar-refractivity contribution in [3.05, 3.63) is 71.0 Å². The van der Waals surface area contributed by atoms with Crippen LogP contribution >= 0.6 is 0 Å². The van der Waals surface area contributed by atoms with Crippen molar-refractivity contribution in [3.8, 4) is 0 Å². The lowest BCUT2D eigenvalue weighted by Gasteiger charge is -2.25. The zero-order valence-electron chi connectivity index (χ0n) is 12.8. The smallest absolute Gasteiger partial charge is 0.254 e. The van der Waals surface area contributed by atoms with E-state index in [0.29, 0.717) is 5.56 Å². The molecule has 24 heavy (non-hydrogen) atoms. The summed E-state index contributed by atoms with van der Waals surface area (Å²) in [5.41, 5.74) is 0.521. The molecule has 1 saturated carbocycles. The quantitative estimate of drug-likeness (QED) is 0.909. The fourth-order valence-corrected chi connectivity index (χ4v) is 2.56. The Hall–Kier alpha value is -2.34. The predicted molar refractivity (Wildman–Crippen MR) is 81.8 cm³/mol. The molecule has 0 spiro atoms. The number of benzene rings is 2. The van der Waals surface area contributed by atoms with Crippen LogP contribution in [0.1, 0.15) is 34.9 Å². The Bertz CT molecular complexity index is 744. The molecule has 1 fully saturated rings. The summed E-state index contributed by atoms with van der Waals surface area (Å²) in [6, 6.07) is 8.33. The second-order valence-corrected chi connectivity index (χ2v) is 5.88. The standard InChI is InChI=1S/C18H16F3NO2/c19-13-4-1-11(2-5-13)17(23)10-22(14-6-7-14)18(24)12-3-8-15(20)16(21)9-12/h1-5,8-9,14,17,23H,6-7,10H2. The van der Waals surface area contributed by atoms with Gasteiger partial charge in [-0.3, -0.25) is 4.79 Å². The van der Waals surface area contributed by atoms with Gasteiger partial charge in [0.05, 0.1) is 12.6 Å². The second kappa shape index (κ2) is 6.65. The fraction of sp³-hybridized carbons (Fsp3) is 0.278. The maximum absolute atomic E-state index is 13.4. The third kappa shape index (κ3) is 3.59. The molecule has 0 heterocycles. The van der Waals surface area contributed by atoms with E-state index in [-0.39, 0.29) is 18.2 Å². The number of amides is 1. The summed E-state index contributed by atoms with van der Waals surface area (Å²) in [6.07, 6.45) is 0.609. The number of hydrogen-bond donors (Lipinski definition) is 1. The Morgan fingerprint density at radius 2 is 1.75 bits per heavy atom. The first-order chi connectivity index (χ1) is 11.5. The van der Waals surface area contributed by atoms with Crippen LogP contribution in [-0.2, 0) is 0 Å². The van der Waals surface area contributed by atoms with Gasteiger partial charge in [-0.1, -0.05) is 12.1 Å². The first-order valence-electron chi connectivity index (χ1n) is 7.65. The van der Waals surface area contributed by atoms with E-state index in [1.165, 1.54) is 35.2 Å². The van der Waals surface area contributed by atoms with Crippen LogP contribution in [0.2, 0.25) is 0 Å². The average Bonchev–Trinajstić information content (AvgIpc) is 3.40. The minimum absolute atomic E-state index is 0.00806. The maximum Gasteiger partial charge on any atom is 0.254 e. The molecule has 1 aliphatic carbocycles. The minimum atomic E-state index is -1.09. The van der Waals surface area contributed by atoms with Crippen molar-refractivity contribution in [2.24, 2.45) is 0 Å². The van der Waals surface area contributed by atoms with Crippen LogP contribution in [0.15, 0.2) is 42.5 Å². The van der Waals surface area contributed by atoms with E-state index in [1.807, 2.05) is 0 Å². The number of aliphatic hydroxyl groups is 1. The summed E-state index contributed by atoms with van der Waals surface area (Å²) < 4.78 is 39.3. The highest BCUT2D eigenvalue weighted by atomic mass is 19.2. The van der Waals surface area contributed by atoms with E-state index in [0.717, 1.165) is 25.0 Å². The Labute approximate surface area is 137 Å².